The molecule has 5 heteroatoms. The molecule has 5 nitrogen and oxygen atoms in total. The van der Waals surface area contributed by atoms with Crippen LogP contribution in [0.15, 0.2) is 6.20 Å². The number of nitrogens with one attached hydrogen (secondary N) is 2. The van der Waals surface area contributed by atoms with Gasteiger partial charge in [-0.25, -0.2) is 4.98 Å². The molecule has 1 aliphatic carbocycles. The Balaban J connectivity index is 1.73. The number of anilines is 3. The topological polar surface area (TPSA) is 60.4 Å². The van der Waals surface area contributed by atoms with E-state index >= 15 is 0 Å². The molecule has 3 N–H and O–H groups in total. The molecule has 1 fully saturated rings. The Morgan fingerprint density at radius 1 is 1.40 bits per heavy atom. The summed E-state index contributed by atoms with van der Waals surface area (Å²) in [5, 5.41) is 16.9. The maximum absolute atomic E-state index is 10.00. The highest BCUT2D eigenvalue weighted by atomic mass is 16.3. The molecule has 3 heterocycles. The molecule has 1 aromatic heterocycles. The summed E-state index contributed by atoms with van der Waals surface area (Å²) in [4.78, 5) is 7.00. The average molecular weight is 274 g/mol. The predicted molar refractivity (Wildman–Crippen MR) is 80.3 cm³/mol. The Morgan fingerprint density at radius 3 is 3.15 bits per heavy atom. The van der Waals surface area contributed by atoms with Crippen LogP contribution < -0.4 is 15.5 Å². The molecule has 0 aromatic carbocycles. The van der Waals surface area contributed by atoms with E-state index in [4.69, 9.17) is 0 Å². The Hall–Kier alpha value is -1.49. The van der Waals surface area contributed by atoms with Gasteiger partial charge < -0.3 is 20.6 Å². The minimum Gasteiger partial charge on any atom is -0.393 e. The molecule has 0 bridgehead atoms. The van der Waals surface area contributed by atoms with Gasteiger partial charge in [-0.1, -0.05) is 0 Å². The van der Waals surface area contributed by atoms with Crippen LogP contribution in [0.5, 0.6) is 0 Å². The van der Waals surface area contributed by atoms with Gasteiger partial charge in [-0.15, -0.1) is 0 Å². The van der Waals surface area contributed by atoms with E-state index < -0.39 is 0 Å². The van der Waals surface area contributed by atoms with Crippen LogP contribution in [-0.4, -0.2) is 34.9 Å². The van der Waals surface area contributed by atoms with Gasteiger partial charge in [0.05, 0.1) is 29.8 Å². The molecule has 108 valence electrons. The molecule has 1 saturated carbocycles. The van der Waals surface area contributed by atoms with Crippen LogP contribution in [0.2, 0.25) is 0 Å². The van der Waals surface area contributed by atoms with Crippen LogP contribution >= 0.6 is 0 Å². The number of aliphatic hydroxyl groups excluding tert-OH is 1. The van der Waals surface area contributed by atoms with E-state index in [1.807, 2.05) is 6.20 Å². The van der Waals surface area contributed by atoms with Crippen molar-refractivity contribution >= 4 is 17.2 Å². The van der Waals surface area contributed by atoms with E-state index in [0.717, 1.165) is 43.7 Å². The standard InChI is InChI=1S/C15H22N4O/c1-9-18-13-8-17-15-12(5-6-16-15)14(13)19(9)10-3-2-4-11(20)7-10/h8-11,18,20H,2-7H2,1H3,(H,16,17)/t9?,10?,11-/m1/s1. The summed E-state index contributed by atoms with van der Waals surface area (Å²) in [6.07, 6.45) is 7.27. The quantitative estimate of drug-likeness (QED) is 0.730. The second-order valence-electron chi connectivity index (χ2n) is 6.23. The predicted octanol–water partition coefficient (Wildman–Crippen LogP) is 1.93. The molecular formula is C15H22N4O. The van der Waals surface area contributed by atoms with Gasteiger partial charge >= 0.3 is 0 Å². The summed E-state index contributed by atoms with van der Waals surface area (Å²) < 4.78 is 0. The molecule has 4 rings (SSSR count). The van der Waals surface area contributed by atoms with E-state index in [1.54, 1.807) is 0 Å². The molecule has 0 radical (unpaired) electrons. The van der Waals surface area contributed by atoms with E-state index in [9.17, 15) is 5.11 Å². The third kappa shape index (κ3) is 1.76. The lowest BCUT2D eigenvalue weighted by atomic mass is 9.91. The van der Waals surface area contributed by atoms with Crippen molar-refractivity contribution in [2.24, 2.45) is 0 Å². The fourth-order valence-corrected chi connectivity index (χ4v) is 4.02. The second-order valence-corrected chi connectivity index (χ2v) is 6.23. The summed E-state index contributed by atoms with van der Waals surface area (Å²) in [5.74, 6) is 1.04. The zero-order chi connectivity index (χ0) is 13.7. The molecule has 1 aromatic rings. The summed E-state index contributed by atoms with van der Waals surface area (Å²) in [5.41, 5.74) is 3.83. The Labute approximate surface area is 119 Å². The smallest absolute Gasteiger partial charge is 0.131 e. The van der Waals surface area contributed by atoms with E-state index in [1.165, 1.54) is 17.7 Å². The van der Waals surface area contributed by atoms with Gasteiger partial charge in [0.25, 0.3) is 0 Å². The van der Waals surface area contributed by atoms with Crippen molar-refractivity contribution in [3.8, 4) is 0 Å². The first-order valence-electron chi connectivity index (χ1n) is 7.72. The summed E-state index contributed by atoms with van der Waals surface area (Å²) >= 11 is 0. The van der Waals surface area contributed by atoms with Gasteiger partial charge in [0.1, 0.15) is 5.82 Å². The van der Waals surface area contributed by atoms with Crippen molar-refractivity contribution in [1.29, 1.82) is 0 Å². The molecule has 0 amide bonds. The lowest BCUT2D eigenvalue weighted by molar-refractivity contribution is 0.117. The first kappa shape index (κ1) is 12.3. The van der Waals surface area contributed by atoms with Crippen molar-refractivity contribution < 1.29 is 5.11 Å². The Bertz CT molecular complexity index is 533. The first-order chi connectivity index (χ1) is 9.74. The van der Waals surface area contributed by atoms with Gasteiger partial charge in [0.15, 0.2) is 0 Å². The summed E-state index contributed by atoms with van der Waals surface area (Å²) in [7, 11) is 0. The fraction of sp³-hybridized carbons (Fsp3) is 0.667. The highest BCUT2D eigenvalue weighted by molar-refractivity contribution is 5.83. The third-order valence-corrected chi connectivity index (χ3v) is 4.87. The van der Waals surface area contributed by atoms with Crippen molar-refractivity contribution in [3.63, 3.8) is 0 Å². The van der Waals surface area contributed by atoms with Crippen molar-refractivity contribution in [1.82, 2.24) is 4.98 Å². The third-order valence-electron chi connectivity index (χ3n) is 4.87. The van der Waals surface area contributed by atoms with Crippen molar-refractivity contribution in [3.05, 3.63) is 11.8 Å². The maximum atomic E-state index is 10.00. The molecule has 2 aliphatic heterocycles. The monoisotopic (exact) mass is 274 g/mol. The molecular weight excluding hydrogens is 252 g/mol. The number of hydrogen-bond donors (Lipinski definition) is 3. The Morgan fingerprint density at radius 2 is 2.30 bits per heavy atom. The van der Waals surface area contributed by atoms with Crippen molar-refractivity contribution in [2.45, 2.75) is 57.3 Å². The first-order valence-corrected chi connectivity index (χ1v) is 7.72. The van der Waals surface area contributed by atoms with Gasteiger partial charge in [0.2, 0.25) is 0 Å². The SMILES string of the molecule is CC1Nc2cnc3c(c2N1C1CCC[C@@H](O)C1)CCN3. The van der Waals surface area contributed by atoms with Crippen LogP contribution in [0, 0.1) is 0 Å². The van der Waals surface area contributed by atoms with Crippen LogP contribution in [-0.2, 0) is 6.42 Å². The molecule has 3 atom stereocenters. The number of aromatic nitrogens is 1. The van der Waals surface area contributed by atoms with E-state index in [0.29, 0.717) is 6.04 Å². The summed E-state index contributed by atoms with van der Waals surface area (Å²) in [6, 6.07) is 0.439. The molecule has 0 spiro atoms. The number of nitrogens with zero attached hydrogens (tertiary/aromatic N) is 2. The van der Waals surface area contributed by atoms with Crippen LogP contribution in [0.4, 0.5) is 17.2 Å². The van der Waals surface area contributed by atoms with Crippen LogP contribution in [0.1, 0.15) is 38.2 Å². The van der Waals surface area contributed by atoms with Gasteiger partial charge in [-0.2, -0.15) is 0 Å². The summed E-state index contributed by atoms with van der Waals surface area (Å²) in [6.45, 7) is 3.18. The highest BCUT2D eigenvalue weighted by Gasteiger charge is 2.37. The van der Waals surface area contributed by atoms with Crippen molar-refractivity contribution in [2.75, 3.05) is 22.1 Å². The highest BCUT2D eigenvalue weighted by Crippen LogP contribution is 2.44. The van der Waals surface area contributed by atoms with Crippen LogP contribution in [0.3, 0.4) is 0 Å². The lowest BCUT2D eigenvalue weighted by Gasteiger charge is -2.38. The normalized spacial score (nSPS) is 31.5. The second kappa shape index (κ2) is 4.52. The van der Waals surface area contributed by atoms with Gasteiger partial charge in [-0.3, -0.25) is 0 Å². The molecule has 20 heavy (non-hydrogen) atoms. The number of aliphatic hydroxyl groups is 1. The Kier molecular flexibility index (Phi) is 2.77. The van der Waals surface area contributed by atoms with Gasteiger partial charge in [0, 0.05) is 18.2 Å². The number of pyridine rings is 1. The molecule has 0 saturated heterocycles. The maximum Gasteiger partial charge on any atom is 0.131 e. The molecule has 2 unspecified atom stereocenters. The fourth-order valence-electron chi connectivity index (χ4n) is 4.02. The zero-order valence-corrected chi connectivity index (χ0v) is 11.9. The average Bonchev–Trinajstić information content (AvgIpc) is 3.00. The largest absolute Gasteiger partial charge is 0.393 e. The zero-order valence-electron chi connectivity index (χ0n) is 11.9. The number of rotatable bonds is 1. The lowest BCUT2D eigenvalue weighted by Crippen LogP contribution is -2.45. The number of fused-ring (bicyclic) bond motifs is 3. The van der Waals surface area contributed by atoms with E-state index in [-0.39, 0.29) is 12.3 Å². The van der Waals surface area contributed by atoms with Gasteiger partial charge in [-0.05, 0) is 39.0 Å². The minimum atomic E-state index is -0.141. The minimum absolute atomic E-state index is 0.141. The molecule has 3 aliphatic rings. The number of hydrogen-bond acceptors (Lipinski definition) is 5. The van der Waals surface area contributed by atoms with E-state index in [2.05, 4.69) is 27.4 Å². The van der Waals surface area contributed by atoms with Crippen LogP contribution in [0.25, 0.3) is 0 Å².